The summed E-state index contributed by atoms with van der Waals surface area (Å²) in [6, 6.07) is 6.67. The van der Waals surface area contributed by atoms with E-state index in [-0.39, 0.29) is 12.0 Å². The first-order valence-electron chi connectivity index (χ1n) is 5.28. The van der Waals surface area contributed by atoms with E-state index < -0.39 is 9.84 Å². The highest BCUT2D eigenvalue weighted by molar-refractivity contribution is 7.90. The highest BCUT2D eigenvalue weighted by atomic mass is 32.2. The van der Waals surface area contributed by atoms with Gasteiger partial charge >= 0.3 is 0 Å². The monoisotopic (exact) mass is 242 g/mol. The number of sulfone groups is 1. The normalized spacial score (nSPS) is 14.1. The molecule has 3 nitrogen and oxygen atoms in total. The van der Waals surface area contributed by atoms with Gasteiger partial charge in [-0.15, -0.1) is 0 Å². The third-order valence-electron chi connectivity index (χ3n) is 2.57. The Labute approximate surface area is 97.0 Å². The summed E-state index contributed by atoms with van der Waals surface area (Å²) in [6.07, 6.45) is 1.36. The summed E-state index contributed by atoms with van der Waals surface area (Å²) < 4.78 is 22.5. The van der Waals surface area contributed by atoms with Crippen molar-refractivity contribution in [3.63, 3.8) is 0 Å². The van der Waals surface area contributed by atoms with Crippen molar-refractivity contribution < 1.29 is 13.5 Å². The zero-order valence-electron chi connectivity index (χ0n) is 9.84. The molecule has 0 fully saturated rings. The van der Waals surface area contributed by atoms with E-state index in [9.17, 15) is 13.5 Å². The molecule has 0 aliphatic rings. The van der Waals surface area contributed by atoms with Crippen molar-refractivity contribution in [1.29, 1.82) is 0 Å². The van der Waals surface area contributed by atoms with Crippen LogP contribution >= 0.6 is 0 Å². The van der Waals surface area contributed by atoms with E-state index in [1.165, 1.54) is 6.26 Å². The van der Waals surface area contributed by atoms with E-state index >= 15 is 0 Å². The third-order valence-corrected chi connectivity index (χ3v) is 3.69. The third kappa shape index (κ3) is 3.61. The number of aliphatic hydroxyl groups excluding tert-OH is 1. The lowest BCUT2D eigenvalue weighted by atomic mass is 9.99. The van der Waals surface area contributed by atoms with Crippen LogP contribution in [0.5, 0.6) is 0 Å². The Morgan fingerprint density at radius 1 is 1.19 bits per heavy atom. The van der Waals surface area contributed by atoms with E-state index in [0.29, 0.717) is 11.3 Å². The van der Waals surface area contributed by atoms with Crippen LogP contribution in [0.2, 0.25) is 0 Å². The van der Waals surface area contributed by atoms with Crippen LogP contribution in [0.3, 0.4) is 0 Å². The van der Waals surface area contributed by atoms with Crippen LogP contribution in [0.25, 0.3) is 0 Å². The Morgan fingerprint density at radius 2 is 1.69 bits per heavy atom. The molecule has 0 spiro atoms. The molecule has 0 saturated heterocycles. The Balaban J connectivity index is 2.80. The molecular formula is C12H18O3S. The molecule has 1 unspecified atom stereocenters. The molecule has 0 bridgehead atoms. The molecule has 1 N–H and O–H groups in total. The van der Waals surface area contributed by atoms with Crippen molar-refractivity contribution in [2.75, 3.05) is 6.26 Å². The number of aliphatic hydroxyl groups is 1. The largest absolute Gasteiger partial charge is 0.393 e. The van der Waals surface area contributed by atoms with Crippen molar-refractivity contribution >= 4 is 9.84 Å². The summed E-state index contributed by atoms with van der Waals surface area (Å²) in [5.41, 5.74) is 0.952. The van der Waals surface area contributed by atoms with Gasteiger partial charge < -0.3 is 5.11 Å². The molecular weight excluding hydrogens is 224 g/mol. The van der Waals surface area contributed by atoms with Crippen LogP contribution in [0.1, 0.15) is 19.4 Å². The van der Waals surface area contributed by atoms with Gasteiger partial charge in [-0.3, -0.25) is 0 Å². The molecule has 1 aromatic carbocycles. The van der Waals surface area contributed by atoms with Crippen molar-refractivity contribution in [3.05, 3.63) is 29.8 Å². The van der Waals surface area contributed by atoms with Crippen LogP contribution in [0.15, 0.2) is 29.2 Å². The summed E-state index contributed by atoms with van der Waals surface area (Å²) in [5, 5.41) is 9.69. The van der Waals surface area contributed by atoms with Gasteiger partial charge in [-0.1, -0.05) is 26.0 Å². The summed E-state index contributed by atoms with van der Waals surface area (Å²) >= 11 is 0. The highest BCUT2D eigenvalue weighted by Crippen LogP contribution is 2.14. The number of hydrogen-bond donors (Lipinski definition) is 1. The van der Waals surface area contributed by atoms with Crippen LogP contribution in [-0.4, -0.2) is 25.9 Å². The first-order valence-corrected chi connectivity index (χ1v) is 7.17. The van der Waals surface area contributed by atoms with Crippen LogP contribution in [-0.2, 0) is 16.3 Å². The molecule has 16 heavy (non-hydrogen) atoms. The average Bonchev–Trinajstić information content (AvgIpc) is 2.17. The lowest BCUT2D eigenvalue weighted by Gasteiger charge is -2.14. The zero-order valence-corrected chi connectivity index (χ0v) is 10.7. The lowest BCUT2D eigenvalue weighted by Crippen LogP contribution is -2.17. The minimum atomic E-state index is -3.13. The number of rotatable bonds is 4. The maximum absolute atomic E-state index is 11.2. The zero-order chi connectivity index (χ0) is 12.3. The second kappa shape index (κ2) is 4.97. The number of hydrogen-bond acceptors (Lipinski definition) is 3. The summed E-state index contributed by atoms with van der Waals surface area (Å²) in [7, 11) is -3.13. The molecule has 1 aromatic rings. The van der Waals surface area contributed by atoms with Crippen LogP contribution < -0.4 is 0 Å². The van der Waals surface area contributed by atoms with Gasteiger partial charge in [0.15, 0.2) is 9.84 Å². The molecule has 1 rings (SSSR count). The minimum Gasteiger partial charge on any atom is -0.393 e. The van der Waals surface area contributed by atoms with Gasteiger partial charge in [0.05, 0.1) is 11.0 Å². The Morgan fingerprint density at radius 3 is 2.06 bits per heavy atom. The SMILES string of the molecule is CC(C)C(O)Cc1ccc(S(C)(=O)=O)cc1. The van der Waals surface area contributed by atoms with Gasteiger partial charge in [0, 0.05) is 6.26 Å². The van der Waals surface area contributed by atoms with Crippen LogP contribution in [0.4, 0.5) is 0 Å². The molecule has 0 saturated carbocycles. The maximum atomic E-state index is 11.2. The molecule has 0 aromatic heterocycles. The van der Waals surface area contributed by atoms with Crippen LogP contribution in [0, 0.1) is 5.92 Å². The average molecular weight is 242 g/mol. The smallest absolute Gasteiger partial charge is 0.175 e. The minimum absolute atomic E-state index is 0.203. The summed E-state index contributed by atoms with van der Waals surface area (Å²) in [6.45, 7) is 3.91. The fraction of sp³-hybridized carbons (Fsp3) is 0.500. The Hall–Kier alpha value is -0.870. The Kier molecular flexibility index (Phi) is 4.10. The molecule has 0 amide bonds. The quantitative estimate of drug-likeness (QED) is 0.873. The maximum Gasteiger partial charge on any atom is 0.175 e. The van der Waals surface area contributed by atoms with E-state index in [1.807, 2.05) is 13.8 Å². The molecule has 4 heteroatoms. The van der Waals surface area contributed by atoms with E-state index in [2.05, 4.69) is 0 Å². The van der Waals surface area contributed by atoms with Crippen molar-refractivity contribution in [2.24, 2.45) is 5.92 Å². The molecule has 0 radical (unpaired) electrons. The number of benzene rings is 1. The summed E-state index contributed by atoms with van der Waals surface area (Å²) in [5.74, 6) is 0.203. The van der Waals surface area contributed by atoms with E-state index in [4.69, 9.17) is 0 Å². The van der Waals surface area contributed by atoms with Gasteiger partial charge in [-0.2, -0.15) is 0 Å². The van der Waals surface area contributed by atoms with Gasteiger partial charge in [0.2, 0.25) is 0 Å². The Bertz CT molecular complexity index is 432. The fourth-order valence-electron chi connectivity index (χ4n) is 1.35. The molecule has 0 aliphatic heterocycles. The molecule has 0 aliphatic carbocycles. The summed E-state index contributed by atoms with van der Waals surface area (Å²) in [4.78, 5) is 0.315. The molecule has 90 valence electrons. The molecule has 1 atom stereocenters. The first-order chi connectivity index (χ1) is 7.30. The predicted molar refractivity (Wildman–Crippen MR) is 64.1 cm³/mol. The van der Waals surface area contributed by atoms with Gasteiger partial charge in [0.25, 0.3) is 0 Å². The standard InChI is InChI=1S/C12H18O3S/c1-9(2)12(13)8-10-4-6-11(7-5-10)16(3,14)15/h4-7,9,12-13H,8H2,1-3H3. The van der Waals surface area contributed by atoms with Gasteiger partial charge in [0.1, 0.15) is 0 Å². The van der Waals surface area contributed by atoms with Crippen molar-refractivity contribution in [3.8, 4) is 0 Å². The van der Waals surface area contributed by atoms with Gasteiger partial charge in [-0.25, -0.2) is 8.42 Å². The second-order valence-electron chi connectivity index (χ2n) is 4.43. The first kappa shape index (κ1) is 13.2. The van der Waals surface area contributed by atoms with Crippen molar-refractivity contribution in [1.82, 2.24) is 0 Å². The lowest BCUT2D eigenvalue weighted by molar-refractivity contribution is 0.125. The topological polar surface area (TPSA) is 54.4 Å². The fourth-order valence-corrected chi connectivity index (χ4v) is 1.98. The van der Waals surface area contributed by atoms with E-state index in [1.54, 1.807) is 24.3 Å². The van der Waals surface area contributed by atoms with E-state index in [0.717, 1.165) is 5.56 Å². The van der Waals surface area contributed by atoms with Gasteiger partial charge in [-0.05, 0) is 30.0 Å². The second-order valence-corrected chi connectivity index (χ2v) is 6.45. The van der Waals surface area contributed by atoms with Crippen molar-refractivity contribution in [2.45, 2.75) is 31.3 Å². The molecule has 0 heterocycles. The predicted octanol–water partition coefficient (Wildman–Crippen LogP) is 1.65. The highest BCUT2D eigenvalue weighted by Gasteiger charge is 2.11.